The van der Waals surface area contributed by atoms with Gasteiger partial charge in [0.1, 0.15) is 0 Å². The third kappa shape index (κ3) is 2.53. The van der Waals surface area contributed by atoms with Gasteiger partial charge in [0.05, 0.1) is 0 Å². The summed E-state index contributed by atoms with van der Waals surface area (Å²) >= 11 is 3.45. The monoisotopic (exact) mass is 279 g/mol. The highest BCUT2D eigenvalue weighted by Gasteiger charge is 2.18. The van der Waals surface area contributed by atoms with Gasteiger partial charge in [0.25, 0.3) is 0 Å². The number of carbonyl (C=O) groups excluding carboxylic acids is 1. The van der Waals surface area contributed by atoms with Crippen LogP contribution in [0.3, 0.4) is 0 Å². The number of allylic oxidation sites excluding steroid dienone is 1. The first-order chi connectivity index (χ1) is 7.66. The topological polar surface area (TPSA) is 20.3 Å². The molecule has 1 saturated heterocycles. The summed E-state index contributed by atoms with van der Waals surface area (Å²) in [7, 11) is 0. The average molecular weight is 280 g/mol. The van der Waals surface area contributed by atoms with Crippen molar-refractivity contribution in [2.75, 3.05) is 6.54 Å². The molecule has 1 aromatic rings. The second-order valence-corrected chi connectivity index (χ2v) is 4.93. The third-order valence-electron chi connectivity index (χ3n) is 2.74. The van der Waals surface area contributed by atoms with Crippen LogP contribution in [0.2, 0.25) is 0 Å². The summed E-state index contributed by atoms with van der Waals surface area (Å²) in [6, 6.07) is 8.11. The van der Waals surface area contributed by atoms with E-state index in [4.69, 9.17) is 0 Å². The van der Waals surface area contributed by atoms with Crippen molar-refractivity contribution in [1.82, 2.24) is 4.90 Å². The maximum Gasteiger partial charge on any atom is 0.226 e. The van der Waals surface area contributed by atoms with E-state index in [9.17, 15) is 4.79 Å². The normalized spacial score (nSPS) is 17.0. The number of hydrogen-bond acceptors (Lipinski definition) is 1. The molecule has 0 atom stereocenters. The highest BCUT2D eigenvalue weighted by Crippen LogP contribution is 2.21. The fourth-order valence-corrected chi connectivity index (χ4v) is 2.25. The first kappa shape index (κ1) is 11.4. The molecule has 0 saturated carbocycles. The summed E-state index contributed by atoms with van der Waals surface area (Å²) in [4.78, 5) is 13.3. The van der Waals surface area contributed by atoms with E-state index in [1.165, 1.54) is 0 Å². The molecule has 16 heavy (non-hydrogen) atoms. The van der Waals surface area contributed by atoms with Gasteiger partial charge in [0.15, 0.2) is 0 Å². The molecular weight excluding hydrogens is 266 g/mol. The van der Waals surface area contributed by atoms with Crippen LogP contribution in [0, 0.1) is 0 Å². The molecule has 1 heterocycles. The minimum atomic E-state index is 0.231. The van der Waals surface area contributed by atoms with Crippen LogP contribution in [-0.4, -0.2) is 17.4 Å². The summed E-state index contributed by atoms with van der Waals surface area (Å²) < 4.78 is 1.06. The molecule has 0 aliphatic carbocycles. The van der Waals surface area contributed by atoms with Gasteiger partial charge in [0, 0.05) is 23.6 Å². The molecule has 84 valence electrons. The summed E-state index contributed by atoms with van der Waals surface area (Å²) in [5, 5.41) is 0. The van der Waals surface area contributed by atoms with Gasteiger partial charge in [-0.15, -0.1) is 0 Å². The first-order valence-electron chi connectivity index (χ1n) is 5.40. The number of benzene rings is 1. The highest BCUT2D eigenvalue weighted by atomic mass is 79.9. The van der Waals surface area contributed by atoms with Crippen LogP contribution < -0.4 is 0 Å². The van der Waals surface area contributed by atoms with Gasteiger partial charge in [-0.25, -0.2) is 0 Å². The van der Waals surface area contributed by atoms with Crippen LogP contribution in [0.4, 0.5) is 0 Å². The number of rotatable bonds is 2. The Labute approximate surface area is 104 Å². The number of nitrogens with zero attached hydrogens (tertiary/aromatic N) is 1. The van der Waals surface area contributed by atoms with Crippen molar-refractivity contribution in [2.45, 2.75) is 19.8 Å². The van der Waals surface area contributed by atoms with Crippen molar-refractivity contribution in [3.63, 3.8) is 0 Å². The van der Waals surface area contributed by atoms with Gasteiger partial charge in [0.2, 0.25) is 5.91 Å². The highest BCUT2D eigenvalue weighted by molar-refractivity contribution is 9.10. The Morgan fingerprint density at radius 3 is 2.94 bits per heavy atom. The van der Waals surface area contributed by atoms with Gasteiger partial charge in [-0.2, -0.15) is 0 Å². The molecule has 3 heteroatoms. The van der Waals surface area contributed by atoms with Crippen molar-refractivity contribution >= 4 is 27.4 Å². The van der Waals surface area contributed by atoms with E-state index >= 15 is 0 Å². The predicted molar refractivity (Wildman–Crippen MR) is 68.7 cm³/mol. The zero-order valence-electron chi connectivity index (χ0n) is 9.24. The van der Waals surface area contributed by atoms with Crippen LogP contribution in [0.15, 0.2) is 34.9 Å². The van der Waals surface area contributed by atoms with Crippen molar-refractivity contribution in [1.29, 1.82) is 0 Å². The van der Waals surface area contributed by atoms with E-state index in [1.807, 2.05) is 30.2 Å². The van der Waals surface area contributed by atoms with Gasteiger partial charge in [-0.1, -0.05) is 28.1 Å². The molecule has 1 aliphatic heterocycles. The molecule has 0 radical (unpaired) electrons. The maximum absolute atomic E-state index is 11.5. The fourth-order valence-electron chi connectivity index (χ4n) is 1.85. The molecule has 1 aliphatic rings. The largest absolute Gasteiger partial charge is 0.319 e. The maximum atomic E-state index is 11.5. The Kier molecular flexibility index (Phi) is 3.44. The quantitative estimate of drug-likeness (QED) is 0.812. The Morgan fingerprint density at radius 2 is 2.31 bits per heavy atom. The molecule has 0 aromatic heterocycles. The molecule has 2 nitrogen and oxygen atoms in total. The molecular formula is C13H14BrNO. The minimum Gasteiger partial charge on any atom is -0.319 e. The third-order valence-corrected chi connectivity index (χ3v) is 3.23. The summed E-state index contributed by atoms with van der Waals surface area (Å²) in [6.07, 6.45) is 3.61. The molecule has 1 aromatic carbocycles. The van der Waals surface area contributed by atoms with Crippen molar-refractivity contribution in [2.24, 2.45) is 0 Å². The molecule has 1 amide bonds. The lowest BCUT2D eigenvalue weighted by molar-refractivity contribution is -0.125. The van der Waals surface area contributed by atoms with Gasteiger partial charge in [-0.05, 0) is 36.6 Å². The Hall–Kier alpha value is -1.09. The lowest BCUT2D eigenvalue weighted by Gasteiger charge is -2.11. The van der Waals surface area contributed by atoms with Crippen LogP contribution >= 0.6 is 15.9 Å². The zero-order valence-corrected chi connectivity index (χ0v) is 10.8. The van der Waals surface area contributed by atoms with E-state index in [0.717, 1.165) is 28.6 Å². The Balaban J connectivity index is 2.21. The van der Waals surface area contributed by atoms with Crippen molar-refractivity contribution in [3.8, 4) is 0 Å². The van der Waals surface area contributed by atoms with E-state index < -0.39 is 0 Å². The van der Waals surface area contributed by atoms with Gasteiger partial charge >= 0.3 is 0 Å². The Bertz CT molecular complexity index is 439. The number of likely N-dealkylation sites (tertiary alicyclic amines) is 1. The van der Waals surface area contributed by atoms with Crippen LogP contribution in [0.25, 0.3) is 5.57 Å². The molecule has 0 bridgehead atoms. The molecule has 2 rings (SSSR count). The van der Waals surface area contributed by atoms with Crippen LogP contribution in [0.5, 0.6) is 0 Å². The van der Waals surface area contributed by atoms with Crippen molar-refractivity contribution < 1.29 is 4.79 Å². The average Bonchev–Trinajstić information content (AvgIpc) is 2.64. The number of hydrogen-bond donors (Lipinski definition) is 0. The first-order valence-corrected chi connectivity index (χ1v) is 6.20. The summed E-state index contributed by atoms with van der Waals surface area (Å²) in [6.45, 7) is 2.89. The SMILES string of the molecule is C/C(=C\N1CCCC1=O)c1cccc(Br)c1. The number of amides is 1. The van der Waals surface area contributed by atoms with E-state index in [2.05, 4.69) is 28.1 Å². The molecule has 0 unspecified atom stereocenters. The fraction of sp³-hybridized carbons (Fsp3) is 0.308. The lowest BCUT2D eigenvalue weighted by atomic mass is 10.1. The van der Waals surface area contributed by atoms with Gasteiger partial charge < -0.3 is 4.90 Å². The van der Waals surface area contributed by atoms with E-state index in [1.54, 1.807) is 0 Å². The number of halogens is 1. The minimum absolute atomic E-state index is 0.231. The van der Waals surface area contributed by atoms with E-state index in [-0.39, 0.29) is 5.91 Å². The molecule has 0 spiro atoms. The molecule has 0 N–H and O–H groups in total. The predicted octanol–water partition coefficient (Wildman–Crippen LogP) is 3.43. The van der Waals surface area contributed by atoms with Crippen molar-refractivity contribution in [3.05, 3.63) is 40.5 Å². The summed E-state index contributed by atoms with van der Waals surface area (Å²) in [5.41, 5.74) is 2.27. The second-order valence-electron chi connectivity index (χ2n) is 4.01. The van der Waals surface area contributed by atoms with Gasteiger partial charge in [-0.3, -0.25) is 4.79 Å². The smallest absolute Gasteiger partial charge is 0.226 e. The standard InChI is InChI=1S/C13H14BrNO/c1-10(9-15-7-3-6-13(15)16)11-4-2-5-12(14)8-11/h2,4-5,8-9H,3,6-7H2,1H3/b10-9+. The Morgan fingerprint density at radius 1 is 1.50 bits per heavy atom. The van der Waals surface area contributed by atoms with Crippen LogP contribution in [-0.2, 0) is 4.79 Å². The van der Waals surface area contributed by atoms with Crippen LogP contribution in [0.1, 0.15) is 25.3 Å². The number of carbonyl (C=O) groups is 1. The zero-order chi connectivity index (χ0) is 11.5. The lowest BCUT2D eigenvalue weighted by Crippen LogP contribution is -2.17. The van der Waals surface area contributed by atoms with E-state index in [0.29, 0.717) is 6.42 Å². The summed E-state index contributed by atoms with van der Waals surface area (Å²) in [5.74, 6) is 0.231. The molecule has 1 fully saturated rings. The second kappa shape index (κ2) is 4.83.